The number of imidazole rings is 1. The fourth-order valence-electron chi connectivity index (χ4n) is 6.02. The fraction of sp³-hybridized carbons (Fsp3) is 0.600. The Morgan fingerprint density at radius 3 is 2.38 bits per heavy atom. The first-order valence-electron chi connectivity index (χ1n) is 14.6. The van der Waals surface area contributed by atoms with Gasteiger partial charge >= 0.3 is 6.03 Å². The van der Waals surface area contributed by atoms with E-state index in [1.807, 2.05) is 49.7 Å². The standard InChI is InChI=1S/C30H44N8O4/c1-9-30(10-2,36-27(39)35-19-13-11-18(12-14-19)28(3,4)5)37(8)15-20-22-23(42-29(6,7)41-22)26(40-20)38-17-34-21-24(31)32-16-33-25(21)38/h11-14,16-17,20,22-23,26H,9-10,15H2,1-8H3,(H2,31,32,33)(H2,35,36,39)/t20-,22-,23-,26-/m1/s1. The third-order valence-corrected chi connectivity index (χ3v) is 8.50. The zero-order valence-corrected chi connectivity index (χ0v) is 25.8. The number of fused-ring (bicyclic) bond motifs is 2. The largest absolute Gasteiger partial charge is 0.382 e. The Morgan fingerprint density at radius 2 is 1.74 bits per heavy atom. The van der Waals surface area contributed by atoms with Gasteiger partial charge in [-0.3, -0.25) is 9.47 Å². The van der Waals surface area contributed by atoms with Gasteiger partial charge in [-0.15, -0.1) is 0 Å². The Bertz CT molecular complexity index is 1410. The highest BCUT2D eigenvalue weighted by atomic mass is 16.8. The lowest BCUT2D eigenvalue weighted by molar-refractivity contribution is -0.199. The minimum atomic E-state index is -0.786. The van der Waals surface area contributed by atoms with Gasteiger partial charge in [-0.1, -0.05) is 46.8 Å². The number of carbonyl (C=O) groups excluding carboxylic acids is 1. The van der Waals surface area contributed by atoms with E-state index in [0.717, 1.165) is 5.69 Å². The van der Waals surface area contributed by atoms with Crippen LogP contribution in [0.5, 0.6) is 0 Å². The van der Waals surface area contributed by atoms with E-state index in [0.29, 0.717) is 36.4 Å². The quantitative estimate of drug-likeness (QED) is 0.331. The van der Waals surface area contributed by atoms with Gasteiger partial charge in [0.2, 0.25) is 0 Å². The van der Waals surface area contributed by atoms with Crippen LogP contribution < -0.4 is 16.4 Å². The first kappa shape index (κ1) is 30.1. The first-order chi connectivity index (χ1) is 19.8. The van der Waals surface area contributed by atoms with Gasteiger partial charge in [0.1, 0.15) is 30.2 Å². The maximum atomic E-state index is 13.2. The van der Waals surface area contributed by atoms with Gasteiger partial charge in [0, 0.05) is 12.2 Å². The van der Waals surface area contributed by atoms with Gasteiger partial charge in [0.15, 0.2) is 23.5 Å². The Balaban J connectivity index is 1.33. The lowest BCUT2D eigenvalue weighted by Gasteiger charge is -2.42. The Morgan fingerprint density at radius 1 is 1.07 bits per heavy atom. The molecule has 0 radical (unpaired) electrons. The number of benzene rings is 1. The van der Waals surface area contributed by atoms with Crippen molar-refractivity contribution in [3.63, 3.8) is 0 Å². The van der Waals surface area contributed by atoms with E-state index in [1.165, 1.54) is 11.9 Å². The SMILES string of the molecule is CCC(CC)(NC(=O)Nc1ccc(C(C)(C)C)cc1)N(C)C[C@H]1O[C@@H](n2cnc3c(N)ncnc32)[C@@H]2OC(C)(C)O[C@@H]21. The number of nitrogens with one attached hydrogen (secondary N) is 2. The average molecular weight is 581 g/mol. The highest BCUT2D eigenvalue weighted by Crippen LogP contribution is 2.44. The zero-order valence-electron chi connectivity index (χ0n) is 25.8. The summed E-state index contributed by atoms with van der Waals surface area (Å²) in [4.78, 5) is 28.2. The van der Waals surface area contributed by atoms with Crippen LogP contribution in [0, 0.1) is 0 Å². The van der Waals surface area contributed by atoms with E-state index in [9.17, 15) is 4.79 Å². The number of nitrogens with two attached hydrogens (primary N) is 1. The normalized spacial score (nSPS) is 23.8. The van der Waals surface area contributed by atoms with Crippen LogP contribution in [0.25, 0.3) is 11.2 Å². The molecule has 0 saturated carbocycles. The molecule has 2 fully saturated rings. The molecule has 4 heterocycles. The van der Waals surface area contributed by atoms with Crippen molar-refractivity contribution in [2.45, 2.75) is 103 Å². The predicted molar refractivity (Wildman–Crippen MR) is 161 cm³/mol. The summed E-state index contributed by atoms with van der Waals surface area (Å²) in [5.41, 5.74) is 8.48. The van der Waals surface area contributed by atoms with Gasteiger partial charge in [0.05, 0.1) is 12.0 Å². The molecular weight excluding hydrogens is 536 g/mol. The molecular formula is C30H44N8O4. The summed E-state index contributed by atoms with van der Waals surface area (Å²) < 4.78 is 21.1. The van der Waals surface area contributed by atoms with Crippen molar-refractivity contribution < 1.29 is 19.0 Å². The van der Waals surface area contributed by atoms with Crippen LogP contribution in [-0.4, -0.2) is 73.8 Å². The molecule has 2 aromatic heterocycles. The average Bonchev–Trinajstić information content (AvgIpc) is 3.59. The molecule has 12 heteroatoms. The number of likely N-dealkylation sites (N-methyl/N-ethyl adjacent to an activating group) is 1. The third kappa shape index (κ3) is 5.68. The van der Waals surface area contributed by atoms with Gasteiger partial charge in [-0.2, -0.15) is 0 Å². The Hall–Kier alpha value is -3.32. The van der Waals surface area contributed by atoms with Crippen LogP contribution in [0.2, 0.25) is 0 Å². The number of rotatable bonds is 8. The summed E-state index contributed by atoms with van der Waals surface area (Å²) in [6.45, 7) is 14.9. The number of aromatic nitrogens is 4. The van der Waals surface area contributed by atoms with Gasteiger partial charge < -0.3 is 30.6 Å². The number of amides is 2. The summed E-state index contributed by atoms with van der Waals surface area (Å²) in [5.74, 6) is -0.482. The summed E-state index contributed by atoms with van der Waals surface area (Å²) >= 11 is 0. The summed E-state index contributed by atoms with van der Waals surface area (Å²) in [6.07, 6.45) is 2.83. The van der Waals surface area contributed by atoms with E-state index in [4.69, 9.17) is 19.9 Å². The molecule has 2 aliphatic heterocycles. The Kier molecular flexibility index (Phi) is 7.94. The molecule has 4 N–H and O–H groups in total. The number of hydrogen-bond acceptors (Lipinski definition) is 9. The molecule has 42 heavy (non-hydrogen) atoms. The smallest absolute Gasteiger partial charge is 0.320 e. The molecule has 0 aliphatic carbocycles. The topological polar surface area (TPSA) is 142 Å². The minimum absolute atomic E-state index is 0.0404. The Labute approximate surface area is 247 Å². The van der Waals surface area contributed by atoms with Crippen molar-refractivity contribution in [2.24, 2.45) is 0 Å². The van der Waals surface area contributed by atoms with Crippen molar-refractivity contribution >= 4 is 28.7 Å². The molecule has 3 aromatic rings. The second-order valence-corrected chi connectivity index (χ2v) is 12.7. The monoisotopic (exact) mass is 580 g/mol. The molecule has 2 amide bonds. The molecule has 1 aromatic carbocycles. The number of anilines is 2. The van der Waals surface area contributed by atoms with Crippen molar-refractivity contribution in [1.82, 2.24) is 29.7 Å². The molecule has 2 saturated heterocycles. The molecule has 5 rings (SSSR count). The van der Waals surface area contributed by atoms with Crippen molar-refractivity contribution in [3.8, 4) is 0 Å². The van der Waals surface area contributed by atoms with E-state index in [1.54, 1.807) is 6.33 Å². The molecule has 0 bridgehead atoms. The van der Waals surface area contributed by atoms with Gasteiger partial charge in [0.25, 0.3) is 0 Å². The first-order valence-corrected chi connectivity index (χ1v) is 14.6. The van der Waals surface area contributed by atoms with E-state index in [2.05, 4.69) is 65.1 Å². The number of ether oxygens (including phenoxy) is 3. The van der Waals surface area contributed by atoms with Crippen LogP contribution in [0.15, 0.2) is 36.9 Å². The number of urea groups is 1. The lowest BCUT2D eigenvalue weighted by atomic mass is 9.87. The van der Waals surface area contributed by atoms with Crippen LogP contribution in [0.4, 0.5) is 16.3 Å². The molecule has 228 valence electrons. The number of hydrogen-bond donors (Lipinski definition) is 3. The van der Waals surface area contributed by atoms with E-state index in [-0.39, 0.29) is 23.7 Å². The highest BCUT2D eigenvalue weighted by molar-refractivity contribution is 5.89. The number of nitrogens with zero attached hydrogens (tertiary/aromatic N) is 5. The van der Waals surface area contributed by atoms with Crippen molar-refractivity contribution in [3.05, 3.63) is 42.5 Å². The maximum absolute atomic E-state index is 13.2. The number of carbonyl (C=O) groups is 1. The van der Waals surface area contributed by atoms with E-state index >= 15 is 0 Å². The zero-order chi connectivity index (χ0) is 30.4. The lowest BCUT2D eigenvalue weighted by Crippen LogP contribution is -2.61. The molecule has 0 spiro atoms. The predicted octanol–water partition coefficient (Wildman–Crippen LogP) is 4.39. The molecule has 12 nitrogen and oxygen atoms in total. The van der Waals surface area contributed by atoms with Crippen LogP contribution in [0.3, 0.4) is 0 Å². The van der Waals surface area contributed by atoms with E-state index < -0.39 is 23.8 Å². The molecule has 0 unspecified atom stereocenters. The molecule has 4 atom stereocenters. The summed E-state index contributed by atoms with van der Waals surface area (Å²) in [7, 11) is 2.00. The third-order valence-electron chi connectivity index (χ3n) is 8.50. The molecule has 2 aliphatic rings. The highest BCUT2D eigenvalue weighted by Gasteiger charge is 2.56. The summed E-state index contributed by atoms with van der Waals surface area (Å²) in [5, 5.41) is 6.25. The second-order valence-electron chi connectivity index (χ2n) is 12.7. The van der Waals surface area contributed by atoms with Crippen LogP contribution >= 0.6 is 0 Å². The minimum Gasteiger partial charge on any atom is -0.382 e. The van der Waals surface area contributed by atoms with Crippen LogP contribution in [0.1, 0.15) is 73.1 Å². The summed E-state index contributed by atoms with van der Waals surface area (Å²) in [6, 6.07) is 7.71. The number of nitrogen functional groups attached to an aromatic ring is 1. The maximum Gasteiger partial charge on any atom is 0.320 e. The van der Waals surface area contributed by atoms with Crippen molar-refractivity contribution in [2.75, 3.05) is 24.6 Å². The van der Waals surface area contributed by atoms with Crippen molar-refractivity contribution in [1.29, 1.82) is 0 Å². The second kappa shape index (κ2) is 11.1. The van der Waals surface area contributed by atoms with Gasteiger partial charge in [-0.05, 0) is 56.8 Å². The van der Waals surface area contributed by atoms with Crippen LogP contribution in [-0.2, 0) is 19.6 Å². The van der Waals surface area contributed by atoms with Gasteiger partial charge in [-0.25, -0.2) is 19.7 Å². The fourth-order valence-corrected chi connectivity index (χ4v) is 6.02.